The van der Waals surface area contributed by atoms with Crippen molar-refractivity contribution in [1.82, 2.24) is 4.90 Å². The minimum Gasteiger partial charge on any atom is -0.480 e. The Labute approximate surface area is 128 Å². The maximum absolute atomic E-state index is 12.0. The monoisotopic (exact) mass is 309 g/mol. The summed E-state index contributed by atoms with van der Waals surface area (Å²) in [6.07, 6.45) is -1.81. The molecule has 1 aromatic rings. The number of carbonyl (C=O) groups excluding carboxylic acids is 2. The van der Waals surface area contributed by atoms with Gasteiger partial charge < -0.3 is 14.6 Å². The first-order valence-electron chi connectivity index (χ1n) is 6.66. The fourth-order valence-electron chi connectivity index (χ4n) is 1.94. The van der Waals surface area contributed by atoms with Crippen LogP contribution in [0.1, 0.15) is 19.4 Å². The molecule has 120 valence electrons. The van der Waals surface area contributed by atoms with Crippen molar-refractivity contribution in [2.75, 3.05) is 7.05 Å². The third-order valence-corrected chi connectivity index (χ3v) is 2.96. The van der Waals surface area contributed by atoms with Crippen LogP contribution in [-0.4, -0.2) is 47.2 Å². The molecule has 0 spiro atoms. The van der Waals surface area contributed by atoms with Crippen molar-refractivity contribution in [3.8, 4) is 0 Å². The van der Waals surface area contributed by atoms with Crippen LogP contribution in [0.15, 0.2) is 30.3 Å². The van der Waals surface area contributed by atoms with E-state index in [1.807, 2.05) is 6.07 Å². The molecule has 0 aliphatic rings. The molecule has 0 aliphatic heterocycles. The maximum atomic E-state index is 12.0. The molecule has 7 nitrogen and oxygen atoms in total. The molecular weight excluding hydrogens is 290 g/mol. The SMILES string of the molecule is CC(=O)O[C@H](C)[C@@H](C(=O)O)N(C)C(=O)OCc1ccccc1. The van der Waals surface area contributed by atoms with E-state index in [1.54, 1.807) is 24.3 Å². The Balaban J connectivity index is 2.68. The highest BCUT2D eigenvalue weighted by atomic mass is 16.6. The zero-order chi connectivity index (χ0) is 16.7. The number of benzene rings is 1. The second-order valence-electron chi connectivity index (χ2n) is 4.75. The van der Waals surface area contributed by atoms with Gasteiger partial charge in [0.1, 0.15) is 12.7 Å². The van der Waals surface area contributed by atoms with Crippen LogP contribution in [0.5, 0.6) is 0 Å². The highest BCUT2D eigenvalue weighted by Gasteiger charge is 2.34. The maximum Gasteiger partial charge on any atom is 0.410 e. The van der Waals surface area contributed by atoms with Crippen molar-refractivity contribution in [2.24, 2.45) is 0 Å². The molecule has 0 aliphatic carbocycles. The van der Waals surface area contributed by atoms with Crippen molar-refractivity contribution in [2.45, 2.75) is 32.6 Å². The average Bonchev–Trinajstić information content (AvgIpc) is 2.44. The zero-order valence-corrected chi connectivity index (χ0v) is 12.7. The summed E-state index contributed by atoms with van der Waals surface area (Å²) in [5.41, 5.74) is 0.782. The van der Waals surface area contributed by atoms with Gasteiger partial charge in [0.15, 0.2) is 6.04 Å². The van der Waals surface area contributed by atoms with Crippen LogP contribution in [-0.2, 0) is 25.7 Å². The van der Waals surface area contributed by atoms with Gasteiger partial charge in [0.25, 0.3) is 0 Å². The lowest BCUT2D eigenvalue weighted by molar-refractivity contribution is -0.156. The number of carboxylic acids is 1. The molecule has 1 amide bonds. The minimum absolute atomic E-state index is 0.0261. The summed E-state index contributed by atoms with van der Waals surface area (Å²) in [5.74, 6) is -1.90. The van der Waals surface area contributed by atoms with Crippen molar-refractivity contribution in [3.63, 3.8) is 0 Å². The normalized spacial score (nSPS) is 12.9. The minimum atomic E-state index is -1.33. The van der Waals surface area contributed by atoms with Gasteiger partial charge in [0.2, 0.25) is 0 Å². The number of hydrogen-bond donors (Lipinski definition) is 1. The highest BCUT2D eigenvalue weighted by molar-refractivity contribution is 5.81. The molecule has 2 atom stereocenters. The standard InChI is InChI=1S/C15H19NO6/c1-10(22-11(2)17)13(14(18)19)16(3)15(20)21-9-12-7-5-4-6-8-12/h4-8,10,13H,9H2,1-3H3,(H,18,19)/t10-,13+/m1/s1. The van der Waals surface area contributed by atoms with Gasteiger partial charge in [-0.1, -0.05) is 30.3 Å². The molecule has 1 N–H and O–H groups in total. The average molecular weight is 309 g/mol. The summed E-state index contributed by atoms with van der Waals surface area (Å²) in [6.45, 7) is 2.60. The lowest BCUT2D eigenvalue weighted by Crippen LogP contribution is -2.50. The fraction of sp³-hybridized carbons (Fsp3) is 0.400. The summed E-state index contributed by atoms with van der Waals surface area (Å²) in [5, 5.41) is 9.22. The number of aliphatic carboxylic acids is 1. The number of esters is 1. The van der Waals surface area contributed by atoms with E-state index in [-0.39, 0.29) is 6.61 Å². The molecule has 1 rings (SSSR count). The van der Waals surface area contributed by atoms with E-state index in [0.717, 1.165) is 10.5 Å². The molecule has 0 unspecified atom stereocenters. The molecule has 0 saturated carbocycles. The third-order valence-electron chi connectivity index (χ3n) is 2.96. The molecule has 0 bridgehead atoms. The number of rotatable bonds is 6. The Hall–Kier alpha value is -2.57. The first-order chi connectivity index (χ1) is 10.3. The van der Waals surface area contributed by atoms with Gasteiger partial charge in [0, 0.05) is 14.0 Å². The summed E-state index contributed by atoms with van der Waals surface area (Å²) in [4.78, 5) is 35.1. The predicted molar refractivity (Wildman–Crippen MR) is 77.0 cm³/mol. The van der Waals surface area contributed by atoms with Crippen LogP contribution in [0.4, 0.5) is 4.79 Å². The van der Waals surface area contributed by atoms with E-state index in [1.165, 1.54) is 20.9 Å². The predicted octanol–water partition coefficient (Wildman–Crippen LogP) is 1.66. The first kappa shape index (κ1) is 17.5. The molecule has 0 radical (unpaired) electrons. The number of carbonyl (C=O) groups is 3. The van der Waals surface area contributed by atoms with E-state index < -0.39 is 30.2 Å². The fourth-order valence-corrected chi connectivity index (χ4v) is 1.94. The van der Waals surface area contributed by atoms with E-state index in [2.05, 4.69) is 0 Å². The Kier molecular flexibility index (Phi) is 6.37. The second-order valence-corrected chi connectivity index (χ2v) is 4.75. The van der Waals surface area contributed by atoms with Crippen molar-refractivity contribution in [1.29, 1.82) is 0 Å². The number of nitrogens with zero attached hydrogens (tertiary/aromatic N) is 1. The van der Waals surface area contributed by atoms with Crippen molar-refractivity contribution >= 4 is 18.0 Å². The lowest BCUT2D eigenvalue weighted by Gasteiger charge is -2.28. The molecule has 0 aromatic heterocycles. The number of amides is 1. The van der Waals surface area contributed by atoms with Gasteiger partial charge in [-0.15, -0.1) is 0 Å². The molecule has 0 heterocycles. The zero-order valence-electron chi connectivity index (χ0n) is 12.7. The van der Waals surface area contributed by atoms with Gasteiger partial charge in [-0.3, -0.25) is 9.69 Å². The molecule has 22 heavy (non-hydrogen) atoms. The Morgan fingerprint density at radius 2 is 1.82 bits per heavy atom. The van der Waals surface area contributed by atoms with Crippen molar-refractivity contribution < 1.29 is 29.0 Å². The van der Waals surface area contributed by atoms with E-state index in [4.69, 9.17) is 9.47 Å². The molecule has 7 heteroatoms. The van der Waals surface area contributed by atoms with Gasteiger partial charge in [-0.25, -0.2) is 9.59 Å². The Morgan fingerprint density at radius 1 is 1.23 bits per heavy atom. The van der Waals surface area contributed by atoms with Crippen LogP contribution in [0.2, 0.25) is 0 Å². The van der Waals surface area contributed by atoms with Gasteiger partial charge >= 0.3 is 18.0 Å². The first-order valence-corrected chi connectivity index (χ1v) is 6.66. The summed E-state index contributed by atoms with van der Waals surface area (Å²) in [6, 6.07) is 7.67. The molecular formula is C15H19NO6. The topological polar surface area (TPSA) is 93.1 Å². The number of ether oxygens (including phenoxy) is 2. The van der Waals surface area contributed by atoms with Crippen LogP contribution < -0.4 is 0 Å². The second kappa shape index (κ2) is 8.02. The lowest BCUT2D eigenvalue weighted by atomic mass is 10.1. The third kappa shape index (κ3) is 5.08. The highest BCUT2D eigenvalue weighted by Crippen LogP contribution is 2.10. The summed E-state index contributed by atoms with van der Waals surface area (Å²) >= 11 is 0. The van der Waals surface area contributed by atoms with Crippen LogP contribution in [0, 0.1) is 0 Å². The van der Waals surface area contributed by atoms with Gasteiger partial charge in [0.05, 0.1) is 0 Å². The smallest absolute Gasteiger partial charge is 0.410 e. The number of likely N-dealkylation sites (N-methyl/N-ethyl adjacent to an activating group) is 1. The van der Waals surface area contributed by atoms with Gasteiger partial charge in [-0.05, 0) is 12.5 Å². The number of carboxylic acid groups (broad SMARTS) is 1. The summed E-state index contributed by atoms with van der Waals surface area (Å²) in [7, 11) is 1.28. The Morgan fingerprint density at radius 3 is 2.32 bits per heavy atom. The van der Waals surface area contributed by atoms with Crippen LogP contribution in [0.25, 0.3) is 0 Å². The van der Waals surface area contributed by atoms with E-state index in [9.17, 15) is 19.5 Å². The molecule has 0 saturated heterocycles. The largest absolute Gasteiger partial charge is 0.480 e. The van der Waals surface area contributed by atoms with Crippen LogP contribution >= 0.6 is 0 Å². The summed E-state index contributed by atoms with van der Waals surface area (Å²) < 4.78 is 9.90. The number of hydrogen-bond acceptors (Lipinski definition) is 5. The van der Waals surface area contributed by atoms with Crippen molar-refractivity contribution in [3.05, 3.63) is 35.9 Å². The van der Waals surface area contributed by atoms with Gasteiger partial charge in [-0.2, -0.15) is 0 Å². The Bertz CT molecular complexity index is 530. The van der Waals surface area contributed by atoms with E-state index >= 15 is 0 Å². The van der Waals surface area contributed by atoms with Crippen LogP contribution in [0.3, 0.4) is 0 Å². The molecule has 0 fully saturated rings. The quantitative estimate of drug-likeness (QED) is 0.803. The van der Waals surface area contributed by atoms with E-state index in [0.29, 0.717) is 0 Å². The molecule has 1 aromatic carbocycles.